The Labute approximate surface area is 147 Å². The Morgan fingerprint density at radius 2 is 1.76 bits per heavy atom. The van der Waals surface area contributed by atoms with Gasteiger partial charge in [0.25, 0.3) is 0 Å². The number of hydrogen-bond acceptors (Lipinski definition) is 4. The molecule has 0 radical (unpaired) electrons. The van der Waals surface area contributed by atoms with Crippen molar-refractivity contribution in [3.05, 3.63) is 59.7 Å². The zero-order valence-corrected chi connectivity index (χ0v) is 14.5. The lowest BCUT2D eigenvalue weighted by molar-refractivity contribution is 0.0730. The van der Waals surface area contributed by atoms with Gasteiger partial charge in [0.15, 0.2) is 0 Å². The van der Waals surface area contributed by atoms with E-state index in [4.69, 9.17) is 10.1 Å². The first kappa shape index (κ1) is 16.3. The Balaban J connectivity index is 1.66. The lowest BCUT2D eigenvalue weighted by Crippen LogP contribution is -2.40. The Hall–Kier alpha value is -2.22. The van der Waals surface area contributed by atoms with Gasteiger partial charge < -0.3 is 9.64 Å². The van der Waals surface area contributed by atoms with Crippen molar-refractivity contribution in [1.82, 2.24) is 4.31 Å². The van der Waals surface area contributed by atoms with E-state index in [9.17, 15) is 8.42 Å². The van der Waals surface area contributed by atoms with Gasteiger partial charge in [-0.1, -0.05) is 30.3 Å². The van der Waals surface area contributed by atoms with E-state index >= 15 is 0 Å². The van der Waals surface area contributed by atoms with Crippen LogP contribution in [0.2, 0.25) is 0 Å². The zero-order chi connectivity index (χ0) is 17.4. The topological polar surface area (TPSA) is 73.7 Å². The summed E-state index contributed by atoms with van der Waals surface area (Å²) < 4.78 is 32.4. The Morgan fingerprint density at radius 1 is 1.00 bits per heavy atom. The fourth-order valence-corrected chi connectivity index (χ4v) is 4.70. The summed E-state index contributed by atoms with van der Waals surface area (Å²) in [4.78, 5) is 2.10. The van der Waals surface area contributed by atoms with Crippen molar-refractivity contribution in [3.63, 3.8) is 0 Å². The molecule has 6 nitrogen and oxygen atoms in total. The van der Waals surface area contributed by atoms with Gasteiger partial charge in [-0.15, -0.1) is 0 Å². The second kappa shape index (κ2) is 6.25. The number of nitrogens with one attached hydrogen (secondary N) is 1. The van der Waals surface area contributed by atoms with Crippen LogP contribution < -0.4 is 4.90 Å². The van der Waals surface area contributed by atoms with Gasteiger partial charge in [0.05, 0.1) is 24.7 Å². The molecule has 4 rings (SSSR count). The molecular formula is C18H19N3O3S. The number of nitrogens with zero attached hydrogens (tertiary/aromatic N) is 2. The van der Waals surface area contributed by atoms with Crippen molar-refractivity contribution in [2.45, 2.75) is 11.4 Å². The zero-order valence-electron chi connectivity index (χ0n) is 13.7. The predicted octanol–water partition coefficient (Wildman–Crippen LogP) is 2.05. The molecular weight excluding hydrogens is 338 g/mol. The largest absolute Gasteiger partial charge is 0.379 e. The summed E-state index contributed by atoms with van der Waals surface area (Å²) in [7, 11) is -3.54. The molecule has 0 aliphatic carbocycles. The van der Waals surface area contributed by atoms with Crippen LogP contribution in [0.25, 0.3) is 0 Å². The maximum Gasteiger partial charge on any atom is 0.243 e. The Morgan fingerprint density at radius 3 is 2.52 bits per heavy atom. The van der Waals surface area contributed by atoms with Crippen molar-refractivity contribution < 1.29 is 13.2 Å². The van der Waals surface area contributed by atoms with Crippen LogP contribution in [0.1, 0.15) is 11.1 Å². The molecule has 0 atom stereocenters. The molecule has 0 amide bonds. The minimum absolute atomic E-state index is 0.260. The number of hydrogen-bond donors (Lipinski definition) is 1. The van der Waals surface area contributed by atoms with E-state index in [2.05, 4.69) is 0 Å². The van der Waals surface area contributed by atoms with Crippen LogP contribution >= 0.6 is 0 Å². The highest BCUT2D eigenvalue weighted by Gasteiger charge is 2.29. The summed E-state index contributed by atoms with van der Waals surface area (Å²) in [5.41, 5.74) is 2.69. The highest BCUT2D eigenvalue weighted by molar-refractivity contribution is 7.89. The minimum Gasteiger partial charge on any atom is -0.379 e. The molecule has 0 bridgehead atoms. The predicted molar refractivity (Wildman–Crippen MR) is 95.5 cm³/mol. The maximum absolute atomic E-state index is 12.9. The molecule has 7 heteroatoms. The van der Waals surface area contributed by atoms with Gasteiger partial charge >= 0.3 is 0 Å². The highest BCUT2D eigenvalue weighted by atomic mass is 32.2. The molecule has 130 valence electrons. The SMILES string of the molecule is N=C1c2ccccc2CN1c1cccc(S(=O)(=O)N2CCOCC2)c1. The molecule has 0 spiro atoms. The lowest BCUT2D eigenvalue weighted by atomic mass is 10.1. The van der Waals surface area contributed by atoms with E-state index in [1.165, 1.54) is 4.31 Å². The van der Waals surface area contributed by atoms with Crippen molar-refractivity contribution in [2.75, 3.05) is 31.2 Å². The molecule has 2 aliphatic heterocycles. The number of morpholine rings is 1. The number of benzene rings is 2. The molecule has 0 saturated carbocycles. The monoisotopic (exact) mass is 357 g/mol. The summed E-state index contributed by atoms with van der Waals surface area (Å²) >= 11 is 0. The number of fused-ring (bicyclic) bond motifs is 1. The van der Waals surface area contributed by atoms with Gasteiger partial charge in [0.2, 0.25) is 10.0 Å². The number of rotatable bonds is 3. The van der Waals surface area contributed by atoms with Gasteiger partial charge in [-0.3, -0.25) is 5.41 Å². The molecule has 2 aromatic rings. The molecule has 1 N–H and O–H groups in total. The van der Waals surface area contributed by atoms with Crippen molar-refractivity contribution in [3.8, 4) is 0 Å². The van der Waals surface area contributed by atoms with Crippen LogP contribution in [0.3, 0.4) is 0 Å². The van der Waals surface area contributed by atoms with Crippen molar-refractivity contribution in [1.29, 1.82) is 5.41 Å². The Bertz CT molecular complexity index is 921. The van der Waals surface area contributed by atoms with Crippen LogP contribution in [0.15, 0.2) is 53.4 Å². The number of ether oxygens (including phenoxy) is 1. The van der Waals surface area contributed by atoms with Gasteiger partial charge in [0.1, 0.15) is 5.84 Å². The van der Waals surface area contributed by atoms with Gasteiger partial charge in [-0.25, -0.2) is 8.42 Å². The third kappa shape index (κ3) is 2.84. The summed E-state index contributed by atoms with van der Waals surface area (Å²) in [6.07, 6.45) is 0. The van der Waals surface area contributed by atoms with E-state index in [0.717, 1.165) is 16.8 Å². The summed E-state index contributed by atoms with van der Waals surface area (Å²) in [6.45, 7) is 2.17. The van der Waals surface area contributed by atoms with E-state index in [1.54, 1.807) is 18.2 Å². The fraction of sp³-hybridized carbons (Fsp3) is 0.278. The van der Waals surface area contributed by atoms with Crippen LogP contribution in [-0.2, 0) is 21.3 Å². The summed E-state index contributed by atoms with van der Waals surface area (Å²) in [5.74, 6) is 0.400. The first-order chi connectivity index (χ1) is 12.1. The normalized spacial score (nSPS) is 18.4. The number of amidine groups is 1. The van der Waals surface area contributed by atoms with Gasteiger partial charge in [0, 0.05) is 24.3 Å². The standard InChI is InChI=1S/C18H19N3O3S/c19-18-17-7-2-1-4-14(17)13-21(18)15-5-3-6-16(12-15)25(22,23)20-8-10-24-11-9-20/h1-7,12,19H,8-11,13H2. The van der Waals surface area contributed by atoms with E-state index < -0.39 is 10.0 Å². The third-order valence-electron chi connectivity index (χ3n) is 4.61. The summed E-state index contributed by atoms with van der Waals surface area (Å²) in [5, 5.41) is 8.40. The second-order valence-corrected chi connectivity index (χ2v) is 8.04. The first-order valence-electron chi connectivity index (χ1n) is 8.20. The molecule has 1 saturated heterocycles. The molecule has 2 heterocycles. The van der Waals surface area contributed by atoms with Crippen molar-refractivity contribution >= 4 is 21.5 Å². The van der Waals surface area contributed by atoms with E-state index in [0.29, 0.717) is 38.7 Å². The average molecular weight is 357 g/mol. The van der Waals surface area contributed by atoms with Crippen LogP contribution in [0.4, 0.5) is 5.69 Å². The highest BCUT2D eigenvalue weighted by Crippen LogP contribution is 2.30. The lowest BCUT2D eigenvalue weighted by Gasteiger charge is -2.26. The molecule has 2 aliphatic rings. The number of anilines is 1. The van der Waals surface area contributed by atoms with E-state index in [-0.39, 0.29) is 4.90 Å². The quantitative estimate of drug-likeness (QED) is 0.912. The van der Waals surface area contributed by atoms with Crippen molar-refractivity contribution in [2.24, 2.45) is 0 Å². The molecule has 25 heavy (non-hydrogen) atoms. The second-order valence-electron chi connectivity index (χ2n) is 6.11. The Kier molecular flexibility index (Phi) is 4.07. The van der Waals surface area contributed by atoms with Crippen LogP contribution in [-0.4, -0.2) is 44.9 Å². The number of sulfonamides is 1. The minimum atomic E-state index is -3.54. The first-order valence-corrected chi connectivity index (χ1v) is 9.64. The van der Waals surface area contributed by atoms with Crippen LogP contribution in [0, 0.1) is 5.41 Å². The average Bonchev–Trinajstić information content (AvgIpc) is 3.00. The third-order valence-corrected chi connectivity index (χ3v) is 6.50. The van der Waals surface area contributed by atoms with Gasteiger partial charge in [-0.05, 0) is 23.8 Å². The molecule has 0 aromatic heterocycles. The molecule has 1 fully saturated rings. The van der Waals surface area contributed by atoms with Crippen LogP contribution in [0.5, 0.6) is 0 Å². The van der Waals surface area contributed by atoms with E-state index in [1.807, 2.05) is 35.2 Å². The smallest absolute Gasteiger partial charge is 0.243 e. The molecule has 0 unspecified atom stereocenters. The van der Waals surface area contributed by atoms with Gasteiger partial charge in [-0.2, -0.15) is 4.31 Å². The molecule has 2 aromatic carbocycles. The fourth-order valence-electron chi connectivity index (χ4n) is 3.25. The summed E-state index contributed by atoms with van der Waals surface area (Å²) in [6, 6.07) is 14.6. The maximum atomic E-state index is 12.9.